The summed E-state index contributed by atoms with van der Waals surface area (Å²) >= 11 is 0. The number of fused-ring (bicyclic) bond motifs is 1. The van der Waals surface area contributed by atoms with Gasteiger partial charge in [-0.15, -0.1) is 0 Å². The number of methoxy groups -OCH3 is 1. The number of aliphatic imine (C=N–C) groups is 1. The van der Waals surface area contributed by atoms with Gasteiger partial charge in [0.15, 0.2) is 5.96 Å². The number of hydrogen-bond acceptors (Lipinski definition) is 4. The molecule has 2 aliphatic rings. The van der Waals surface area contributed by atoms with Crippen LogP contribution in [-0.4, -0.2) is 22.6 Å². The summed E-state index contributed by atoms with van der Waals surface area (Å²) in [7, 11) is 1.65. The van der Waals surface area contributed by atoms with Crippen molar-refractivity contribution in [2.45, 2.75) is 38.9 Å². The fourth-order valence-corrected chi connectivity index (χ4v) is 3.73. The molecule has 1 aromatic carbocycles. The summed E-state index contributed by atoms with van der Waals surface area (Å²) in [4.78, 5) is 21.9. The Morgan fingerprint density at radius 2 is 2.11 bits per heavy atom. The monoisotopic (exact) mass is 379 g/mol. The fraction of sp³-hybridized carbons (Fsp3) is 0.381. The highest BCUT2D eigenvalue weighted by atomic mass is 16.5. The van der Waals surface area contributed by atoms with Gasteiger partial charge in [-0.1, -0.05) is 24.3 Å². The first-order valence-corrected chi connectivity index (χ1v) is 9.60. The highest BCUT2D eigenvalue weighted by Crippen LogP contribution is 2.30. The second-order valence-corrected chi connectivity index (χ2v) is 7.20. The Morgan fingerprint density at radius 1 is 1.29 bits per heavy atom. The van der Waals surface area contributed by atoms with Crippen LogP contribution in [0.2, 0.25) is 0 Å². The van der Waals surface area contributed by atoms with Crippen LogP contribution in [-0.2, 0) is 6.54 Å². The topological polar surface area (TPSA) is 80.5 Å². The van der Waals surface area contributed by atoms with Gasteiger partial charge in [0.05, 0.1) is 13.7 Å². The summed E-state index contributed by atoms with van der Waals surface area (Å²) in [6, 6.07) is 9.42. The van der Waals surface area contributed by atoms with Crippen LogP contribution in [0.3, 0.4) is 0 Å². The van der Waals surface area contributed by atoms with Gasteiger partial charge in [-0.05, 0) is 43.9 Å². The molecule has 0 saturated carbocycles. The maximum atomic E-state index is 12.7. The number of benzene rings is 1. The number of nitrogens with one attached hydrogen (secondary N) is 2. The maximum absolute atomic E-state index is 12.7. The number of aryl methyl sites for hydroxylation is 1. The number of allylic oxidation sites excluding steroid dienone is 2. The zero-order valence-corrected chi connectivity index (χ0v) is 16.2. The summed E-state index contributed by atoms with van der Waals surface area (Å²) in [6.07, 6.45) is 7.23. The van der Waals surface area contributed by atoms with Gasteiger partial charge in [-0.25, -0.2) is 9.98 Å². The third-order valence-corrected chi connectivity index (χ3v) is 5.21. The average molecular weight is 379 g/mol. The van der Waals surface area contributed by atoms with Crippen LogP contribution >= 0.6 is 0 Å². The molecule has 0 fully saturated rings. The van der Waals surface area contributed by atoms with Crippen LogP contribution in [0.15, 0.2) is 52.3 Å². The third kappa shape index (κ3) is 3.78. The molecule has 2 heterocycles. The number of guanidine groups is 1. The first-order valence-electron chi connectivity index (χ1n) is 9.60. The Hall–Kier alpha value is -3.09. The second-order valence-electron chi connectivity index (χ2n) is 7.20. The normalized spacial score (nSPS) is 22.3. The molecule has 7 heteroatoms. The average Bonchev–Trinajstić information content (AvgIpc) is 2.72. The van der Waals surface area contributed by atoms with Crippen molar-refractivity contribution in [2.24, 2.45) is 10.9 Å². The van der Waals surface area contributed by atoms with Gasteiger partial charge < -0.3 is 10.1 Å². The van der Waals surface area contributed by atoms with E-state index in [1.54, 1.807) is 17.7 Å². The molecule has 0 saturated heterocycles. The van der Waals surface area contributed by atoms with E-state index in [9.17, 15) is 4.79 Å². The van der Waals surface area contributed by atoms with Crippen molar-refractivity contribution in [3.8, 4) is 5.75 Å². The molecule has 1 aromatic heterocycles. The SMILES string of the molecule is COc1ccc(CN=C2Nc3nc(C)cc(=O)n3C(C3CC=CCC3)N2)cc1. The minimum Gasteiger partial charge on any atom is -0.497 e. The predicted molar refractivity (Wildman–Crippen MR) is 110 cm³/mol. The zero-order valence-electron chi connectivity index (χ0n) is 16.2. The lowest BCUT2D eigenvalue weighted by Gasteiger charge is -2.36. The number of rotatable bonds is 4. The Morgan fingerprint density at radius 3 is 2.82 bits per heavy atom. The highest BCUT2D eigenvalue weighted by molar-refractivity contribution is 5.93. The van der Waals surface area contributed by atoms with Gasteiger partial charge >= 0.3 is 0 Å². The Bertz CT molecular complexity index is 962. The lowest BCUT2D eigenvalue weighted by atomic mass is 9.91. The second kappa shape index (κ2) is 7.88. The number of nitrogens with zero attached hydrogens (tertiary/aromatic N) is 3. The van der Waals surface area contributed by atoms with Gasteiger partial charge in [0, 0.05) is 17.7 Å². The summed E-state index contributed by atoms with van der Waals surface area (Å²) in [5.41, 5.74) is 1.73. The first kappa shape index (κ1) is 18.3. The fourth-order valence-electron chi connectivity index (χ4n) is 3.73. The van der Waals surface area contributed by atoms with Gasteiger partial charge in [0.2, 0.25) is 5.95 Å². The molecule has 146 valence electrons. The van der Waals surface area contributed by atoms with E-state index in [-0.39, 0.29) is 11.7 Å². The van der Waals surface area contributed by atoms with Crippen molar-refractivity contribution in [3.05, 3.63) is 64.1 Å². The Kier molecular flexibility index (Phi) is 5.14. The molecule has 28 heavy (non-hydrogen) atoms. The summed E-state index contributed by atoms with van der Waals surface area (Å²) in [6.45, 7) is 2.35. The molecule has 0 spiro atoms. The van der Waals surface area contributed by atoms with Gasteiger partial charge in [0.1, 0.15) is 11.9 Å². The molecule has 2 atom stereocenters. The Balaban J connectivity index is 1.62. The van der Waals surface area contributed by atoms with E-state index in [2.05, 4.69) is 27.8 Å². The number of hydrogen-bond donors (Lipinski definition) is 2. The molecule has 1 aliphatic carbocycles. The highest BCUT2D eigenvalue weighted by Gasteiger charge is 2.31. The lowest BCUT2D eigenvalue weighted by molar-refractivity contribution is 0.276. The van der Waals surface area contributed by atoms with Crippen molar-refractivity contribution < 1.29 is 4.74 Å². The molecular weight excluding hydrogens is 354 g/mol. The zero-order chi connectivity index (χ0) is 19.5. The number of anilines is 1. The van der Waals surface area contributed by atoms with Crippen LogP contribution in [0, 0.1) is 12.8 Å². The van der Waals surface area contributed by atoms with Crippen LogP contribution in [0.1, 0.15) is 36.7 Å². The van der Waals surface area contributed by atoms with E-state index in [0.29, 0.717) is 30.1 Å². The maximum Gasteiger partial charge on any atom is 0.256 e. The van der Waals surface area contributed by atoms with Crippen molar-refractivity contribution in [1.82, 2.24) is 14.9 Å². The molecule has 2 N–H and O–H groups in total. The first-order chi connectivity index (χ1) is 13.6. The van der Waals surface area contributed by atoms with Crippen molar-refractivity contribution >= 4 is 11.9 Å². The number of ether oxygens (including phenoxy) is 1. The summed E-state index contributed by atoms with van der Waals surface area (Å²) in [5.74, 6) is 2.34. The van der Waals surface area contributed by atoms with E-state index in [1.165, 1.54) is 0 Å². The quantitative estimate of drug-likeness (QED) is 0.799. The van der Waals surface area contributed by atoms with Crippen LogP contribution < -0.4 is 20.9 Å². The summed E-state index contributed by atoms with van der Waals surface area (Å²) in [5, 5.41) is 6.62. The van der Waals surface area contributed by atoms with Gasteiger partial charge in [0.25, 0.3) is 5.56 Å². The van der Waals surface area contributed by atoms with E-state index < -0.39 is 0 Å². The Labute approximate surface area is 164 Å². The predicted octanol–water partition coefficient (Wildman–Crippen LogP) is 2.99. The van der Waals surface area contributed by atoms with E-state index >= 15 is 0 Å². The van der Waals surface area contributed by atoms with Crippen LogP contribution in [0.5, 0.6) is 5.75 Å². The van der Waals surface area contributed by atoms with E-state index in [1.807, 2.05) is 31.2 Å². The third-order valence-electron chi connectivity index (χ3n) is 5.21. The molecule has 0 amide bonds. The molecule has 0 bridgehead atoms. The van der Waals surface area contributed by atoms with Crippen molar-refractivity contribution in [1.29, 1.82) is 0 Å². The minimum atomic E-state index is -0.156. The van der Waals surface area contributed by atoms with E-state index in [4.69, 9.17) is 9.73 Å². The molecule has 1 aliphatic heterocycles. The molecule has 2 aromatic rings. The van der Waals surface area contributed by atoms with Crippen molar-refractivity contribution in [2.75, 3.05) is 12.4 Å². The van der Waals surface area contributed by atoms with Gasteiger partial charge in [-0.2, -0.15) is 0 Å². The molecule has 2 unspecified atom stereocenters. The van der Waals surface area contributed by atoms with Crippen LogP contribution in [0.4, 0.5) is 5.95 Å². The molecule has 7 nitrogen and oxygen atoms in total. The van der Waals surface area contributed by atoms with E-state index in [0.717, 1.165) is 30.6 Å². The largest absolute Gasteiger partial charge is 0.497 e. The minimum absolute atomic E-state index is 0.0451. The van der Waals surface area contributed by atoms with Gasteiger partial charge in [-0.3, -0.25) is 14.7 Å². The van der Waals surface area contributed by atoms with Crippen molar-refractivity contribution in [3.63, 3.8) is 0 Å². The van der Waals surface area contributed by atoms with Crippen LogP contribution in [0.25, 0.3) is 0 Å². The standard InChI is InChI=1S/C21H25N5O2/c1-14-12-18(27)26-19(16-6-4-3-5-7-16)24-20(25-21(26)23-14)22-13-15-8-10-17(28-2)11-9-15/h3-4,8-12,16,19H,5-7,13H2,1-2H3,(H2,22,23,24,25). The summed E-state index contributed by atoms with van der Waals surface area (Å²) < 4.78 is 6.93. The molecule has 4 rings (SSSR count). The lowest BCUT2D eigenvalue weighted by Crippen LogP contribution is -2.50. The smallest absolute Gasteiger partial charge is 0.256 e. The molecular formula is C21H25N5O2. The number of aromatic nitrogens is 2. The molecule has 0 radical (unpaired) electrons.